The molecule has 1 aromatic rings. The van der Waals surface area contributed by atoms with Crippen LogP contribution in [0.3, 0.4) is 0 Å². The number of phenolic OH excluding ortho intramolecular Hbond substituents is 1. The fourth-order valence-corrected chi connectivity index (χ4v) is 2.18. The zero-order chi connectivity index (χ0) is 11.5. The monoisotopic (exact) mass is 225 g/mol. The van der Waals surface area contributed by atoms with E-state index in [-0.39, 0.29) is 17.4 Å². The van der Waals surface area contributed by atoms with E-state index in [9.17, 15) is 9.50 Å². The van der Waals surface area contributed by atoms with Crippen LogP contribution in [0, 0.1) is 5.82 Å². The van der Waals surface area contributed by atoms with Gasteiger partial charge in [-0.15, -0.1) is 0 Å². The molecule has 2 N–H and O–H groups in total. The summed E-state index contributed by atoms with van der Waals surface area (Å²) in [4.78, 5) is 0. The van der Waals surface area contributed by atoms with Gasteiger partial charge in [0.25, 0.3) is 0 Å². The number of hydrogen-bond donors (Lipinski definition) is 2. The van der Waals surface area contributed by atoms with E-state index < -0.39 is 5.82 Å². The number of methoxy groups -OCH3 is 1. The van der Waals surface area contributed by atoms with Gasteiger partial charge in [0.05, 0.1) is 7.11 Å². The van der Waals surface area contributed by atoms with E-state index in [1.807, 2.05) is 0 Å². The van der Waals surface area contributed by atoms with Gasteiger partial charge in [-0.25, -0.2) is 4.39 Å². The van der Waals surface area contributed by atoms with Gasteiger partial charge in [-0.1, -0.05) is 6.07 Å². The molecule has 0 radical (unpaired) electrons. The first-order chi connectivity index (χ1) is 7.74. The number of ether oxygens (including phenoxy) is 1. The lowest BCUT2D eigenvalue weighted by molar-refractivity contribution is 0.351. The summed E-state index contributed by atoms with van der Waals surface area (Å²) in [6.07, 6.45) is 1.81. The molecular formula is C12H16FNO2. The molecule has 1 aromatic carbocycles. The van der Waals surface area contributed by atoms with Crippen LogP contribution in [0.1, 0.15) is 24.3 Å². The Bertz CT molecular complexity index is 376. The summed E-state index contributed by atoms with van der Waals surface area (Å²) < 4.78 is 18.7. The summed E-state index contributed by atoms with van der Waals surface area (Å²) in [5, 5.41) is 12.8. The number of halogens is 1. The Labute approximate surface area is 94.2 Å². The first kappa shape index (κ1) is 11.2. The fraction of sp³-hybridized carbons (Fsp3) is 0.500. The van der Waals surface area contributed by atoms with E-state index >= 15 is 0 Å². The van der Waals surface area contributed by atoms with Crippen LogP contribution in [-0.2, 0) is 0 Å². The molecule has 0 spiro atoms. The number of benzene rings is 1. The summed E-state index contributed by atoms with van der Waals surface area (Å²) in [5.41, 5.74) is 0.597. The molecule has 1 heterocycles. The average Bonchev–Trinajstić information content (AvgIpc) is 2.34. The van der Waals surface area contributed by atoms with Crippen LogP contribution in [0.4, 0.5) is 4.39 Å². The standard InChI is InChI=1S/C12H16FNO2/c1-16-10-3-2-9(11(13)12(10)15)8-4-6-14-7-5-8/h2-3,8,14-15H,4-7H2,1H3. The van der Waals surface area contributed by atoms with Gasteiger partial charge in [0, 0.05) is 0 Å². The van der Waals surface area contributed by atoms with E-state index in [2.05, 4.69) is 5.32 Å². The first-order valence-electron chi connectivity index (χ1n) is 5.50. The maximum absolute atomic E-state index is 13.9. The Balaban J connectivity index is 2.30. The van der Waals surface area contributed by atoms with Crippen molar-refractivity contribution >= 4 is 0 Å². The minimum Gasteiger partial charge on any atom is -0.502 e. The van der Waals surface area contributed by atoms with E-state index in [4.69, 9.17) is 4.74 Å². The molecule has 0 unspecified atom stereocenters. The van der Waals surface area contributed by atoms with Crippen molar-refractivity contribution < 1.29 is 14.2 Å². The summed E-state index contributed by atoms with van der Waals surface area (Å²) in [6.45, 7) is 1.80. The van der Waals surface area contributed by atoms with Crippen LogP contribution in [0.2, 0.25) is 0 Å². The van der Waals surface area contributed by atoms with Crippen LogP contribution in [0.25, 0.3) is 0 Å². The second kappa shape index (κ2) is 4.70. The topological polar surface area (TPSA) is 41.5 Å². The Kier molecular flexibility index (Phi) is 3.29. The third-order valence-corrected chi connectivity index (χ3v) is 3.11. The molecule has 1 saturated heterocycles. The normalized spacial score (nSPS) is 17.4. The summed E-state index contributed by atoms with van der Waals surface area (Å²) in [5.74, 6) is -0.530. The minimum atomic E-state index is -0.536. The summed E-state index contributed by atoms with van der Waals surface area (Å²) >= 11 is 0. The van der Waals surface area contributed by atoms with Crippen molar-refractivity contribution in [3.63, 3.8) is 0 Å². The minimum absolute atomic E-state index is 0.190. The fourth-order valence-electron chi connectivity index (χ4n) is 2.18. The van der Waals surface area contributed by atoms with Crippen molar-refractivity contribution in [3.8, 4) is 11.5 Å². The highest BCUT2D eigenvalue weighted by Crippen LogP contribution is 2.36. The van der Waals surface area contributed by atoms with E-state index in [1.54, 1.807) is 12.1 Å². The molecule has 2 rings (SSSR count). The molecule has 0 atom stereocenters. The number of phenols is 1. The van der Waals surface area contributed by atoms with Crippen molar-refractivity contribution in [1.29, 1.82) is 0 Å². The lowest BCUT2D eigenvalue weighted by atomic mass is 9.89. The van der Waals surface area contributed by atoms with Crippen LogP contribution in [0.5, 0.6) is 11.5 Å². The molecule has 0 amide bonds. The molecule has 16 heavy (non-hydrogen) atoms. The quantitative estimate of drug-likeness (QED) is 0.809. The molecule has 3 nitrogen and oxygen atoms in total. The van der Waals surface area contributed by atoms with Gasteiger partial charge in [0.2, 0.25) is 0 Å². The predicted molar refractivity (Wildman–Crippen MR) is 59.5 cm³/mol. The molecule has 1 fully saturated rings. The second-order valence-corrected chi connectivity index (χ2v) is 4.04. The highest BCUT2D eigenvalue weighted by molar-refractivity contribution is 5.44. The van der Waals surface area contributed by atoms with Gasteiger partial charge in [-0.05, 0) is 43.5 Å². The number of nitrogens with one attached hydrogen (secondary N) is 1. The van der Waals surface area contributed by atoms with E-state index in [0.29, 0.717) is 5.56 Å². The maximum atomic E-state index is 13.9. The van der Waals surface area contributed by atoms with Crippen LogP contribution in [0.15, 0.2) is 12.1 Å². The van der Waals surface area contributed by atoms with Crippen molar-refractivity contribution in [1.82, 2.24) is 5.32 Å². The van der Waals surface area contributed by atoms with E-state index in [0.717, 1.165) is 25.9 Å². The Morgan fingerprint density at radius 1 is 1.38 bits per heavy atom. The highest BCUT2D eigenvalue weighted by atomic mass is 19.1. The molecule has 88 valence electrons. The van der Waals surface area contributed by atoms with Crippen molar-refractivity contribution in [3.05, 3.63) is 23.5 Å². The molecule has 1 aliphatic heterocycles. The van der Waals surface area contributed by atoms with Gasteiger partial charge in [0.15, 0.2) is 17.3 Å². The van der Waals surface area contributed by atoms with Crippen LogP contribution < -0.4 is 10.1 Å². The Morgan fingerprint density at radius 3 is 2.69 bits per heavy atom. The highest BCUT2D eigenvalue weighted by Gasteiger charge is 2.22. The smallest absolute Gasteiger partial charge is 0.194 e. The van der Waals surface area contributed by atoms with E-state index in [1.165, 1.54) is 7.11 Å². The molecule has 0 bridgehead atoms. The average molecular weight is 225 g/mol. The molecule has 0 saturated carbocycles. The zero-order valence-electron chi connectivity index (χ0n) is 9.29. The third-order valence-electron chi connectivity index (χ3n) is 3.11. The van der Waals surface area contributed by atoms with Gasteiger partial charge < -0.3 is 15.2 Å². The van der Waals surface area contributed by atoms with Gasteiger partial charge in [-0.3, -0.25) is 0 Å². The SMILES string of the molecule is COc1ccc(C2CCNCC2)c(F)c1O. The lowest BCUT2D eigenvalue weighted by Crippen LogP contribution is -2.27. The van der Waals surface area contributed by atoms with Crippen LogP contribution in [-0.4, -0.2) is 25.3 Å². The van der Waals surface area contributed by atoms with Crippen molar-refractivity contribution in [2.45, 2.75) is 18.8 Å². The predicted octanol–water partition coefficient (Wildman–Crippen LogP) is 2.01. The molecule has 0 aromatic heterocycles. The number of aromatic hydroxyl groups is 1. The molecule has 4 heteroatoms. The summed E-state index contributed by atoms with van der Waals surface area (Å²) in [7, 11) is 1.42. The zero-order valence-corrected chi connectivity index (χ0v) is 9.29. The van der Waals surface area contributed by atoms with Crippen molar-refractivity contribution in [2.75, 3.05) is 20.2 Å². The maximum Gasteiger partial charge on any atom is 0.194 e. The molecular weight excluding hydrogens is 209 g/mol. The molecule has 1 aliphatic rings. The number of rotatable bonds is 2. The lowest BCUT2D eigenvalue weighted by Gasteiger charge is -2.23. The van der Waals surface area contributed by atoms with Crippen LogP contribution >= 0.6 is 0 Å². The summed E-state index contributed by atoms with van der Waals surface area (Å²) in [6, 6.07) is 3.33. The van der Waals surface area contributed by atoms with Gasteiger partial charge in [0.1, 0.15) is 0 Å². The number of piperidine rings is 1. The Hall–Kier alpha value is -1.29. The molecule has 0 aliphatic carbocycles. The van der Waals surface area contributed by atoms with Crippen molar-refractivity contribution in [2.24, 2.45) is 0 Å². The largest absolute Gasteiger partial charge is 0.502 e. The third kappa shape index (κ3) is 1.97. The number of hydrogen-bond acceptors (Lipinski definition) is 3. The Morgan fingerprint density at radius 2 is 2.06 bits per heavy atom. The van der Waals surface area contributed by atoms with Gasteiger partial charge in [-0.2, -0.15) is 0 Å². The first-order valence-corrected chi connectivity index (χ1v) is 5.50. The second-order valence-electron chi connectivity index (χ2n) is 4.04. The van der Waals surface area contributed by atoms with Gasteiger partial charge >= 0.3 is 0 Å².